The Labute approximate surface area is 47.5 Å². The van der Waals surface area contributed by atoms with E-state index in [-0.39, 0.29) is 0 Å². The van der Waals surface area contributed by atoms with Crippen LogP contribution in [0.4, 0.5) is 0 Å². The van der Waals surface area contributed by atoms with Gasteiger partial charge in [0.05, 0.1) is 6.54 Å². The van der Waals surface area contributed by atoms with Gasteiger partial charge >= 0.3 is 0 Å². The Morgan fingerprint density at radius 3 is 2.75 bits per heavy atom. The van der Waals surface area contributed by atoms with Gasteiger partial charge < -0.3 is 16.8 Å². The topological polar surface area (TPSA) is 81.1 Å². The molecule has 0 aromatic carbocycles. The van der Waals surface area contributed by atoms with E-state index < -0.39 is 0 Å². The number of amides is 1. The van der Waals surface area contributed by atoms with Gasteiger partial charge in [-0.25, -0.2) is 0 Å². The molecule has 0 rings (SSSR count). The Bertz CT molecular complexity index is 99.5. The number of rotatable bonds is 3. The Morgan fingerprint density at radius 2 is 2.38 bits per heavy atom. The van der Waals surface area contributed by atoms with Gasteiger partial charge in [-0.05, 0) is 0 Å². The van der Waals surface area contributed by atoms with Gasteiger partial charge in [-0.2, -0.15) is 0 Å². The van der Waals surface area contributed by atoms with Gasteiger partial charge in [-0.15, -0.1) is 0 Å². The normalized spacial score (nSPS) is 10.8. The largest absolute Gasteiger partial charge is 0.403 e. The molecule has 0 spiro atoms. The third kappa shape index (κ3) is 3.02. The van der Waals surface area contributed by atoms with Gasteiger partial charge in [-0.1, -0.05) is 0 Å². The summed E-state index contributed by atoms with van der Waals surface area (Å²) in [6, 6.07) is 0. The van der Waals surface area contributed by atoms with Crippen LogP contribution in [-0.4, -0.2) is 13.0 Å². The monoisotopic (exact) mass is 115 g/mol. The molecule has 0 atom stereocenters. The van der Waals surface area contributed by atoms with E-state index in [2.05, 4.69) is 5.32 Å². The lowest BCUT2D eigenvalue weighted by atomic mass is 10.5. The minimum atomic E-state index is 0.319. The number of nitrogens with one attached hydrogen (secondary N) is 1. The van der Waals surface area contributed by atoms with Crippen molar-refractivity contribution in [3.8, 4) is 0 Å². The zero-order chi connectivity index (χ0) is 6.41. The maximum atomic E-state index is 9.59. The second kappa shape index (κ2) is 3.98. The molecule has 8 heavy (non-hydrogen) atoms. The Kier molecular flexibility index (Phi) is 3.39. The molecular weight excluding hydrogens is 106 g/mol. The lowest BCUT2D eigenvalue weighted by molar-refractivity contribution is -0.109. The predicted octanol–water partition coefficient (Wildman–Crippen LogP) is -1.51. The first-order valence-electron chi connectivity index (χ1n) is 2.14. The van der Waals surface area contributed by atoms with Gasteiger partial charge in [0.25, 0.3) is 0 Å². The molecule has 5 N–H and O–H groups in total. The summed E-state index contributed by atoms with van der Waals surface area (Å²) in [6.07, 6.45) is 1.81. The van der Waals surface area contributed by atoms with Crippen LogP contribution < -0.4 is 16.8 Å². The van der Waals surface area contributed by atoms with Crippen molar-refractivity contribution < 1.29 is 4.79 Å². The summed E-state index contributed by atoms with van der Waals surface area (Å²) < 4.78 is 0. The fourth-order valence-corrected chi connectivity index (χ4v) is 0.218. The first-order valence-corrected chi connectivity index (χ1v) is 2.14. The first-order chi connectivity index (χ1) is 3.81. The maximum absolute atomic E-state index is 9.59. The van der Waals surface area contributed by atoms with Crippen molar-refractivity contribution in [2.24, 2.45) is 11.5 Å². The zero-order valence-corrected chi connectivity index (χ0v) is 4.42. The van der Waals surface area contributed by atoms with Gasteiger partial charge in [0, 0.05) is 11.9 Å². The van der Waals surface area contributed by atoms with Crippen LogP contribution in [0.2, 0.25) is 0 Å². The van der Waals surface area contributed by atoms with Crippen molar-refractivity contribution in [3.63, 3.8) is 0 Å². The maximum Gasteiger partial charge on any atom is 0.207 e. The van der Waals surface area contributed by atoms with Gasteiger partial charge in [0.2, 0.25) is 6.41 Å². The second-order valence-electron chi connectivity index (χ2n) is 1.24. The highest BCUT2D eigenvalue weighted by atomic mass is 16.1. The van der Waals surface area contributed by atoms with E-state index in [4.69, 9.17) is 11.5 Å². The quantitative estimate of drug-likeness (QED) is 0.391. The summed E-state index contributed by atoms with van der Waals surface area (Å²) in [7, 11) is 0. The van der Waals surface area contributed by atoms with E-state index >= 15 is 0 Å². The molecule has 0 saturated carbocycles. The van der Waals surface area contributed by atoms with Crippen LogP contribution in [0.25, 0.3) is 0 Å². The molecule has 0 saturated heterocycles. The molecule has 0 fully saturated rings. The second-order valence-corrected chi connectivity index (χ2v) is 1.24. The summed E-state index contributed by atoms with van der Waals surface area (Å²) >= 11 is 0. The van der Waals surface area contributed by atoms with E-state index in [1.807, 2.05) is 0 Å². The molecule has 4 nitrogen and oxygen atoms in total. The molecule has 0 radical (unpaired) electrons. The lowest BCUT2D eigenvalue weighted by Gasteiger charge is -1.94. The van der Waals surface area contributed by atoms with Crippen molar-refractivity contribution in [1.29, 1.82) is 0 Å². The van der Waals surface area contributed by atoms with Crippen LogP contribution >= 0.6 is 0 Å². The van der Waals surface area contributed by atoms with Crippen molar-refractivity contribution in [2.75, 3.05) is 6.54 Å². The highest BCUT2D eigenvalue weighted by molar-refractivity contribution is 5.46. The van der Waals surface area contributed by atoms with E-state index in [0.717, 1.165) is 0 Å². The number of carbonyl (C=O) groups excluding carboxylic acids is 1. The van der Waals surface area contributed by atoms with Crippen LogP contribution in [0.3, 0.4) is 0 Å². The van der Waals surface area contributed by atoms with Gasteiger partial charge in [0.1, 0.15) is 0 Å². The number of hydrogen-bond donors (Lipinski definition) is 3. The highest BCUT2D eigenvalue weighted by Gasteiger charge is 1.82. The molecule has 0 heterocycles. The molecule has 1 amide bonds. The lowest BCUT2D eigenvalue weighted by Crippen LogP contribution is -2.19. The smallest absolute Gasteiger partial charge is 0.207 e. The van der Waals surface area contributed by atoms with Crippen LogP contribution in [0.15, 0.2) is 11.9 Å². The van der Waals surface area contributed by atoms with Crippen molar-refractivity contribution in [3.05, 3.63) is 11.9 Å². The summed E-state index contributed by atoms with van der Waals surface area (Å²) in [6.45, 7) is 0.319. The van der Waals surface area contributed by atoms with E-state index in [1.165, 1.54) is 6.20 Å². The summed E-state index contributed by atoms with van der Waals surface area (Å²) in [4.78, 5) is 9.59. The van der Waals surface area contributed by atoms with Crippen LogP contribution in [-0.2, 0) is 4.79 Å². The first kappa shape index (κ1) is 6.81. The molecule has 4 heteroatoms. The van der Waals surface area contributed by atoms with Gasteiger partial charge in [0.15, 0.2) is 0 Å². The zero-order valence-electron chi connectivity index (χ0n) is 4.42. The highest BCUT2D eigenvalue weighted by Crippen LogP contribution is 1.70. The standard InChI is InChI=1S/C4H9N3O/c5-1-4(6)2-7-3-8/h1,3H,2,5-6H2,(H,7,8)/b4-1-. The molecule has 0 unspecified atom stereocenters. The van der Waals surface area contributed by atoms with Crippen molar-refractivity contribution in [1.82, 2.24) is 5.32 Å². The summed E-state index contributed by atoms with van der Waals surface area (Å²) in [5.74, 6) is 0. The predicted molar refractivity (Wildman–Crippen MR) is 30.5 cm³/mol. The summed E-state index contributed by atoms with van der Waals surface area (Å²) in [5.41, 5.74) is 10.6. The molecule has 0 aromatic rings. The van der Waals surface area contributed by atoms with Crippen LogP contribution in [0.5, 0.6) is 0 Å². The van der Waals surface area contributed by atoms with Crippen molar-refractivity contribution in [2.45, 2.75) is 0 Å². The van der Waals surface area contributed by atoms with E-state index in [0.29, 0.717) is 18.7 Å². The Hall–Kier alpha value is -1.19. The Morgan fingerprint density at radius 1 is 1.75 bits per heavy atom. The minimum Gasteiger partial charge on any atom is -0.403 e. The third-order valence-electron chi connectivity index (χ3n) is 0.604. The molecule has 0 aliphatic carbocycles. The molecular formula is C4H9N3O. The van der Waals surface area contributed by atoms with Crippen LogP contribution in [0, 0.1) is 0 Å². The SMILES string of the molecule is N/C=C(\N)CNC=O. The average molecular weight is 115 g/mol. The Balaban J connectivity index is 3.24. The fraction of sp³-hybridized carbons (Fsp3) is 0.250. The number of nitrogens with two attached hydrogens (primary N) is 2. The summed E-state index contributed by atoms with van der Waals surface area (Å²) in [5, 5.41) is 2.35. The van der Waals surface area contributed by atoms with Crippen molar-refractivity contribution >= 4 is 6.41 Å². The molecule has 0 aliphatic rings. The number of hydrogen-bond acceptors (Lipinski definition) is 3. The van der Waals surface area contributed by atoms with E-state index in [9.17, 15) is 4.79 Å². The van der Waals surface area contributed by atoms with E-state index in [1.54, 1.807) is 0 Å². The molecule has 0 bridgehead atoms. The molecule has 0 aliphatic heterocycles. The minimum absolute atomic E-state index is 0.319. The molecule has 46 valence electrons. The fourth-order valence-electron chi connectivity index (χ4n) is 0.218. The average Bonchev–Trinajstić information content (AvgIpc) is 1.83. The number of carbonyl (C=O) groups is 1. The third-order valence-corrected chi connectivity index (χ3v) is 0.604. The van der Waals surface area contributed by atoms with Crippen LogP contribution in [0.1, 0.15) is 0 Å². The molecule has 0 aromatic heterocycles. The van der Waals surface area contributed by atoms with Gasteiger partial charge in [-0.3, -0.25) is 4.79 Å².